The molecule has 3 heterocycles. The normalized spacial score (nSPS) is 18.6. The fraction of sp³-hybridized carbons (Fsp3) is 0.778. The molecule has 0 aliphatic carbocycles. The lowest BCUT2D eigenvalue weighted by atomic mass is 10.1. The van der Waals surface area contributed by atoms with Crippen LogP contribution in [0, 0.1) is 0 Å². The summed E-state index contributed by atoms with van der Waals surface area (Å²) in [4.78, 5) is 17.9. The van der Waals surface area contributed by atoms with Crippen LogP contribution in [0.2, 0.25) is 0 Å². The van der Waals surface area contributed by atoms with Crippen LogP contribution in [0.3, 0.4) is 0 Å². The van der Waals surface area contributed by atoms with Gasteiger partial charge in [0.1, 0.15) is 5.82 Å². The molecule has 0 spiro atoms. The molecule has 0 aromatic carbocycles. The maximum atomic E-state index is 11.8. The molecule has 0 bridgehead atoms. The third-order valence-electron chi connectivity index (χ3n) is 5.19. The Labute approximate surface area is 160 Å². The predicted molar refractivity (Wildman–Crippen MR) is 103 cm³/mol. The molecular formula is C18H31N7O2. The number of carbonyl (C=O) groups is 1. The Morgan fingerprint density at radius 2 is 2.04 bits per heavy atom. The molecule has 0 saturated carbocycles. The molecule has 1 fully saturated rings. The van der Waals surface area contributed by atoms with E-state index in [0.717, 1.165) is 43.4 Å². The number of likely N-dealkylation sites (tertiary alicyclic amines) is 1. The highest BCUT2D eigenvalue weighted by atomic mass is 16.6. The van der Waals surface area contributed by atoms with Crippen LogP contribution in [0.5, 0.6) is 0 Å². The zero-order valence-corrected chi connectivity index (χ0v) is 16.4. The molecule has 9 nitrogen and oxygen atoms in total. The van der Waals surface area contributed by atoms with Gasteiger partial charge in [0.15, 0.2) is 11.8 Å². The van der Waals surface area contributed by atoms with Gasteiger partial charge in [-0.1, -0.05) is 6.42 Å². The average molecular weight is 377 g/mol. The van der Waals surface area contributed by atoms with Crippen LogP contribution < -0.4 is 10.6 Å². The van der Waals surface area contributed by atoms with Crippen molar-refractivity contribution in [2.75, 3.05) is 26.7 Å². The van der Waals surface area contributed by atoms with Crippen molar-refractivity contribution in [2.45, 2.75) is 64.6 Å². The van der Waals surface area contributed by atoms with Crippen LogP contribution in [0.4, 0.5) is 4.79 Å². The highest BCUT2D eigenvalue weighted by Crippen LogP contribution is 2.14. The number of hydrogen-bond donors (Lipinski definition) is 2. The summed E-state index contributed by atoms with van der Waals surface area (Å²) in [5.74, 6) is 2.82. The summed E-state index contributed by atoms with van der Waals surface area (Å²) in [5, 5.41) is 15.5. The summed E-state index contributed by atoms with van der Waals surface area (Å²) >= 11 is 0. The quantitative estimate of drug-likeness (QED) is 0.606. The second-order valence-corrected chi connectivity index (χ2v) is 7.03. The van der Waals surface area contributed by atoms with E-state index in [0.29, 0.717) is 26.2 Å². The number of aliphatic imine (C=N–C) groups is 1. The highest BCUT2D eigenvalue weighted by molar-refractivity contribution is 5.79. The number of nitrogens with one attached hydrogen (secondary N) is 2. The maximum Gasteiger partial charge on any atom is 0.409 e. The molecule has 2 N–H and O–H groups in total. The summed E-state index contributed by atoms with van der Waals surface area (Å²) in [6, 6.07) is 0.289. The van der Waals surface area contributed by atoms with E-state index in [1.807, 2.05) is 6.92 Å². The fourth-order valence-corrected chi connectivity index (χ4v) is 3.65. The Morgan fingerprint density at radius 1 is 1.22 bits per heavy atom. The topological polar surface area (TPSA) is 96.7 Å². The maximum absolute atomic E-state index is 11.8. The first-order chi connectivity index (χ1) is 13.2. The molecule has 1 amide bonds. The van der Waals surface area contributed by atoms with Crippen LogP contribution in [-0.2, 0) is 24.2 Å². The molecule has 2 aliphatic rings. The van der Waals surface area contributed by atoms with Crippen LogP contribution in [0.25, 0.3) is 0 Å². The van der Waals surface area contributed by atoms with Crippen molar-refractivity contribution >= 4 is 12.1 Å². The van der Waals surface area contributed by atoms with Gasteiger partial charge in [-0.05, 0) is 32.6 Å². The zero-order valence-electron chi connectivity index (χ0n) is 16.4. The van der Waals surface area contributed by atoms with Crippen molar-refractivity contribution in [2.24, 2.45) is 4.99 Å². The number of carbonyl (C=O) groups excluding carboxylic acids is 1. The van der Waals surface area contributed by atoms with Gasteiger partial charge in [0.25, 0.3) is 0 Å². The SMILES string of the molecule is CCOC(=O)N1CCC(NC(=NC)NCc2nnc3n2CCCCC3)CC1. The van der Waals surface area contributed by atoms with Gasteiger partial charge < -0.3 is 24.8 Å². The highest BCUT2D eigenvalue weighted by Gasteiger charge is 2.24. The van der Waals surface area contributed by atoms with E-state index >= 15 is 0 Å². The van der Waals surface area contributed by atoms with Crippen LogP contribution in [0.15, 0.2) is 4.99 Å². The van der Waals surface area contributed by atoms with E-state index < -0.39 is 0 Å². The van der Waals surface area contributed by atoms with E-state index in [-0.39, 0.29) is 12.1 Å². The van der Waals surface area contributed by atoms with Gasteiger partial charge in [0.2, 0.25) is 0 Å². The zero-order chi connectivity index (χ0) is 19.1. The second kappa shape index (κ2) is 9.57. The molecule has 0 radical (unpaired) electrons. The van der Waals surface area contributed by atoms with Gasteiger partial charge in [0, 0.05) is 39.1 Å². The summed E-state index contributed by atoms with van der Waals surface area (Å²) < 4.78 is 7.31. The van der Waals surface area contributed by atoms with E-state index in [1.54, 1.807) is 11.9 Å². The number of hydrogen-bond acceptors (Lipinski definition) is 5. The molecular weight excluding hydrogens is 346 g/mol. The number of ether oxygens (including phenoxy) is 1. The van der Waals surface area contributed by atoms with Gasteiger partial charge >= 0.3 is 6.09 Å². The third-order valence-corrected chi connectivity index (χ3v) is 5.19. The van der Waals surface area contributed by atoms with E-state index in [4.69, 9.17) is 4.74 Å². The first kappa shape index (κ1) is 19.4. The van der Waals surface area contributed by atoms with Crippen molar-refractivity contribution in [1.82, 2.24) is 30.3 Å². The number of guanidine groups is 1. The summed E-state index contributed by atoms with van der Waals surface area (Å²) in [7, 11) is 1.77. The number of piperidine rings is 1. The first-order valence-corrected chi connectivity index (χ1v) is 10.0. The van der Waals surface area contributed by atoms with Gasteiger partial charge in [-0.3, -0.25) is 4.99 Å². The van der Waals surface area contributed by atoms with Crippen LogP contribution in [0.1, 0.15) is 50.7 Å². The Bertz CT molecular complexity index is 650. The summed E-state index contributed by atoms with van der Waals surface area (Å²) in [6.45, 7) is 5.25. The van der Waals surface area contributed by atoms with Gasteiger partial charge in [-0.15, -0.1) is 10.2 Å². The van der Waals surface area contributed by atoms with E-state index in [2.05, 4.69) is 30.4 Å². The molecule has 0 unspecified atom stereocenters. The Kier molecular flexibility index (Phi) is 6.89. The van der Waals surface area contributed by atoms with Gasteiger partial charge in [0.05, 0.1) is 13.2 Å². The van der Waals surface area contributed by atoms with Gasteiger partial charge in [-0.25, -0.2) is 4.79 Å². The predicted octanol–water partition coefficient (Wildman–Crippen LogP) is 1.29. The molecule has 0 atom stereocenters. The average Bonchev–Trinajstić information content (AvgIpc) is 2.92. The number of aromatic nitrogens is 3. The second-order valence-electron chi connectivity index (χ2n) is 7.03. The molecule has 2 aliphatic heterocycles. The largest absolute Gasteiger partial charge is 0.450 e. The molecule has 1 aromatic heterocycles. The number of aryl methyl sites for hydroxylation is 1. The standard InChI is InChI=1S/C18H31N7O2/c1-3-27-18(26)24-11-8-14(9-12-24)21-17(19-2)20-13-16-23-22-15-7-5-4-6-10-25(15)16/h14H,3-13H2,1-2H3,(H2,19,20,21). The first-order valence-electron chi connectivity index (χ1n) is 10.0. The molecule has 27 heavy (non-hydrogen) atoms. The number of fused-ring (bicyclic) bond motifs is 1. The third kappa shape index (κ3) is 5.11. The van der Waals surface area contributed by atoms with Crippen molar-refractivity contribution in [3.63, 3.8) is 0 Å². The molecule has 9 heteroatoms. The molecule has 150 valence electrons. The van der Waals surface area contributed by atoms with E-state index in [9.17, 15) is 4.79 Å². The van der Waals surface area contributed by atoms with Crippen molar-refractivity contribution in [1.29, 1.82) is 0 Å². The number of amides is 1. The fourth-order valence-electron chi connectivity index (χ4n) is 3.65. The van der Waals surface area contributed by atoms with Gasteiger partial charge in [-0.2, -0.15) is 0 Å². The molecule has 3 rings (SSSR count). The van der Waals surface area contributed by atoms with E-state index in [1.165, 1.54) is 19.3 Å². The lowest BCUT2D eigenvalue weighted by Crippen LogP contribution is -2.49. The Morgan fingerprint density at radius 3 is 2.78 bits per heavy atom. The Hall–Kier alpha value is -2.32. The smallest absolute Gasteiger partial charge is 0.409 e. The minimum Gasteiger partial charge on any atom is -0.450 e. The molecule has 1 aromatic rings. The minimum absolute atomic E-state index is 0.217. The lowest BCUT2D eigenvalue weighted by Gasteiger charge is -2.32. The van der Waals surface area contributed by atoms with Crippen LogP contribution in [-0.4, -0.2) is 64.5 Å². The monoisotopic (exact) mass is 377 g/mol. The van der Waals surface area contributed by atoms with Crippen molar-refractivity contribution < 1.29 is 9.53 Å². The Balaban J connectivity index is 1.47. The van der Waals surface area contributed by atoms with Crippen molar-refractivity contribution in [3.8, 4) is 0 Å². The van der Waals surface area contributed by atoms with Crippen LogP contribution >= 0.6 is 0 Å². The molecule has 1 saturated heterocycles. The van der Waals surface area contributed by atoms with Crippen molar-refractivity contribution in [3.05, 3.63) is 11.6 Å². The minimum atomic E-state index is -0.217. The summed E-state index contributed by atoms with van der Waals surface area (Å²) in [6.07, 6.45) is 6.18. The number of nitrogens with zero attached hydrogens (tertiary/aromatic N) is 5. The summed E-state index contributed by atoms with van der Waals surface area (Å²) in [5.41, 5.74) is 0. The number of rotatable bonds is 4. The lowest BCUT2D eigenvalue weighted by molar-refractivity contribution is 0.0963.